The zero-order valence-electron chi connectivity index (χ0n) is 17.8. The first-order chi connectivity index (χ1) is 15.0. The van der Waals surface area contributed by atoms with Crippen LogP contribution in [0.4, 0.5) is 0 Å². The molecule has 32 heavy (non-hydrogen) atoms. The highest BCUT2D eigenvalue weighted by molar-refractivity contribution is 5.94. The summed E-state index contributed by atoms with van der Waals surface area (Å²) in [5.41, 5.74) is 6.28. The topological polar surface area (TPSA) is 211 Å². The van der Waals surface area contributed by atoms with Gasteiger partial charge >= 0.3 is 5.97 Å². The molecular formula is C20H30N4O8. The molecule has 9 N–H and O–H groups in total. The number of hydrogen-bond acceptors (Lipinski definition) is 8. The predicted molar refractivity (Wildman–Crippen MR) is 112 cm³/mol. The van der Waals surface area contributed by atoms with E-state index >= 15 is 0 Å². The summed E-state index contributed by atoms with van der Waals surface area (Å²) in [6.45, 7) is 1.59. The average molecular weight is 454 g/mol. The fraction of sp³-hybridized carbons (Fsp3) is 0.500. The fourth-order valence-electron chi connectivity index (χ4n) is 2.66. The summed E-state index contributed by atoms with van der Waals surface area (Å²) in [6, 6.07) is 2.88. The highest BCUT2D eigenvalue weighted by Gasteiger charge is 2.32. The molecule has 0 heterocycles. The van der Waals surface area contributed by atoms with E-state index in [2.05, 4.69) is 10.6 Å². The molecule has 0 radical (unpaired) electrons. The summed E-state index contributed by atoms with van der Waals surface area (Å²) in [6.07, 6.45) is -2.60. The van der Waals surface area contributed by atoms with Gasteiger partial charge < -0.3 is 42.1 Å². The van der Waals surface area contributed by atoms with E-state index in [0.717, 1.165) is 6.92 Å². The van der Waals surface area contributed by atoms with Gasteiger partial charge in [-0.25, -0.2) is 4.79 Å². The second kappa shape index (κ2) is 12.7. The van der Waals surface area contributed by atoms with Crippen molar-refractivity contribution in [2.24, 2.45) is 5.73 Å². The van der Waals surface area contributed by atoms with Crippen molar-refractivity contribution in [1.29, 1.82) is 0 Å². The van der Waals surface area contributed by atoms with E-state index in [1.54, 1.807) is 30.3 Å². The molecule has 0 saturated heterocycles. The Hall–Kier alpha value is -3.06. The van der Waals surface area contributed by atoms with Gasteiger partial charge in [-0.3, -0.25) is 14.4 Å². The Morgan fingerprint density at radius 2 is 1.41 bits per heavy atom. The van der Waals surface area contributed by atoms with Gasteiger partial charge in [-0.15, -0.1) is 0 Å². The Labute approximate surface area is 184 Å². The maximum atomic E-state index is 12.8. The van der Waals surface area contributed by atoms with Crippen LogP contribution in [0.15, 0.2) is 30.3 Å². The van der Waals surface area contributed by atoms with E-state index in [-0.39, 0.29) is 6.42 Å². The maximum Gasteiger partial charge on any atom is 0.328 e. The number of rotatable bonds is 12. The van der Waals surface area contributed by atoms with Gasteiger partial charge in [0.2, 0.25) is 17.7 Å². The van der Waals surface area contributed by atoms with Crippen molar-refractivity contribution < 1.29 is 39.6 Å². The third-order valence-electron chi connectivity index (χ3n) is 4.60. The van der Waals surface area contributed by atoms with Crippen LogP contribution in [0.2, 0.25) is 0 Å². The number of carboxylic acid groups (broad SMARTS) is 1. The molecule has 0 aliphatic carbocycles. The van der Waals surface area contributed by atoms with E-state index in [9.17, 15) is 34.5 Å². The van der Waals surface area contributed by atoms with E-state index < -0.39 is 66.7 Å². The Balaban J connectivity index is 2.99. The number of aliphatic carboxylic acids is 1. The number of aliphatic hydroxyl groups excluding tert-OH is 3. The quantitative estimate of drug-likeness (QED) is 0.160. The minimum atomic E-state index is -1.66. The molecule has 6 atom stereocenters. The van der Waals surface area contributed by atoms with Crippen LogP contribution in [0.3, 0.4) is 0 Å². The van der Waals surface area contributed by atoms with Crippen molar-refractivity contribution >= 4 is 23.7 Å². The van der Waals surface area contributed by atoms with Crippen molar-refractivity contribution in [2.75, 3.05) is 6.61 Å². The summed E-state index contributed by atoms with van der Waals surface area (Å²) in [5, 5.41) is 44.3. The van der Waals surface area contributed by atoms with Crippen molar-refractivity contribution in [2.45, 2.75) is 56.6 Å². The molecule has 6 unspecified atom stereocenters. The molecule has 0 aliphatic heterocycles. The number of nitrogens with two attached hydrogens (primary N) is 1. The molecular weight excluding hydrogens is 424 g/mol. The highest BCUT2D eigenvalue weighted by atomic mass is 16.4. The van der Waals surface area contributed by atoms with Gasteiger partial charge in [0.25, 0.3) is 0 Å². The minimum Gasteiger partial charge on any atom is -0.480 e. The summed E-state index contributed by atoms with van der Waals surface area (Å²) in [7, 11) is 0. The van der Waals surface area contributed by atoms with Crippen LogP contribution in [0.5, 0.6) is 0 Å². The van der Waals surface area contributed by atoms with E-state index in [0.29, 0.717) is 5.56 Å². The lowest BCUT2D eigenvalue weighted by atomic mass is 10.0. The van der Waals surface area contributed by atoms with Gasteiger partial charge in [0, 0.05) is 6.42 Å². The molecule has 12 heteroatoms. The Morgan fingerprint density at radius 3 is 1.88 bits per heavy atom. The van der Waals surface area contributed by atoms with Crippen LogP contribution in [-0.2, 0) is 25.6 Å². The molecule has 12 nitrogen and oxygen atoms in total. The zero-order chi connectivity index (χ0) is 24.4. The standard InChI is InChI=1S/C20H30N4O8/c1-10(26)15(21)19(30)22-13(8-12-6-4-3-5-7-12)17(28)23-14(9-25)18(29)24-16(11(2)27)20(31)32/h3-7,10-11,13-16,25-27H,8-9,21H2,1-2H3,(H,22,30)(H,23,28)(H,24,29)(H,31,32). The second-order valence-corrected chi connectivity index (χ2v) is 7.33. The van der Waals surface area contributed by atoms with Gasteiger partial charge in [-0.2, -0.15) is 0 Å². The molecule has 1 aromatic rings. The smallest absolute Gasteiger partial charge is 0.328 e. The summed E-state index contributed by atoms with van der Waals surface area (Å²) < 4.78 is 0. The maximum absolute atomic E-state index is 12.8. The first-order valence-electron chi connectivity index (χ1n) is 9.88. The van der Waals surface area contributed by atoms with Crippen molar-refractivity contribution in [3.63, 3.8) is 0 Å². The summed E-state index contributed by atoms with van der Waals surface area (Å²) in [5.74, 6) is -4.20. The molecule has 0 aliphatic rings. The number of hydrogen-bond donors (Lipinski definition) is 8. The van der Waals surface area contributed by atoms with E-state index in [4.69, 9.17) is 10.8 Å². The molecule has 1 rings (SSSR count). The van der Waals surface area contributed by atoms with Crippen LogP contribution in [0, 0.1) is 0 Å². The first-order valence-corrected chi connectivity index (χ1v) is 9.88. The van der Waals surface area contributed by atoms with Crippen LogP contribution in [0.1, 0.15) is 19.4 Å². The normalized spacial score (nSPS) is 16.6. The number of aliphatic hydroxyl groups is 3. The van der Waals surface area contributed by atoms with Crippen molar-refractivity contribution in [3.05, 3.63) is 35.9 Å². The van der Waals surface area contributed by atoms with Gasteiger partial charge in [0.05, 0.1) is 18.8 Å². The molecule has 0 bridgehead atoms. The zero-order valence-corrected chi connectivity index (χ0v) is 17.8. The Kier molecular flexibility index (Phi) is 10.7. The number of nitrogens with one attached hydrogen (secondary N) is 3. The third-order valence-corrected chi connectivity index (χ3v) is 4.60. The van der Waals surface area contributed by atoms with Gasteiger partial charge in [-0.1, -0.05) is 30.3 Å². The number of carbonyl (C=O) groups is 4. The second-order valence-electron chi connectivity index (χ2n) is 7.33. The Morgan fingerprint density at radius 1 is 0.875 bits per heavy atom. The minimum absolute atomic E-state index is 0.0101. The van der Waals surface area contributed by atoms with Crippen LogP contribution in [0.25, 0.3) is 0 Å². The molecule has 0 saturated carbocycles. The summed E-state index contributed by atoms with van der Waals surface area (Å²) >= 11 is 0. The van der Waals surface area contributed by atoms with Crippen molar-refractivity contribution in [3.8, 4) is 0 Å². The average Bonchev–Trinajstić information content (AvgIpc) is 2.74. The highest BCUT2D eigenvalue weighted by Crippen LogP contribution is 2.05. The third kappa shape index (κ3) is 8.23. The number of carbonyl (C=O) groups excluding carboxylic acids is 3. The van der Waals surface area contributed by atoms with Crippen LogP contribution >= 0.6 is 0 Å². The van der Waals surface area contributed by atoms with Gasteiger partial charge in [0.1, 0.15) is 18.1 Å². The molecule has 0 spiro atoms. The molecule has 0 aromatic heterocycles. The fourth-order valence-corrected chi connectivity index (χ4v) is 2.66. The molecule has 1 aromatic carbocycles. The van der Waals surface area contributed by atoms with Crippen LogP contribution in [-0.4, -0.2) is 87.1 Å². The lowest BCUT2D eigenvalue weighted by molar-refractivity contribution is -0.145. The molecule has 3 amide bonds. The number of benzene rings is 1. The van der Waals surface area contributed by atoms with E-state index in [1.807, 2.05) is 5.32 Å². The van der Waals surface area contributed by atoms with Crippen molar-refractivity contribution in [1.82, 2.24) is 16.0 Å². The first kappa shape index (κ1) is 27.0. The van der Waals surface area contributed by atoms with E-state index in [1.165, 1.54) is 6.92 Å². The Bertz CT molecular complexity index is 787. The number of carboxylic acids is 1. The molecule has 178 valence electrons. The lowest BCUT2D eigenvalue weighted by Gasteiger charge is -2.25. The number of amides is 3. The summed E-state index contributed by atoms with van der Waals surface area (Å²) in [4.78, 5) is 48.6. The lowest BCUT2D eigenvalue weighted by Crippen LogP contribution is -2.60. The SMILES string of the molecule is CC(O)C(N)C(=O)NC(Cc1ccccc1)C(=O)NC(CO)C(=O)NC(C(=O)O)C(C)O. The monoisotopic (exact) mass is 454 g/mol. The van der Waals surface area contributed by atoms with Crippen LogP contribution < -0.4 is 21.7 Å². The van der Waals surface area contributed by atoms with Gasteiger partial charge in [0.15, 0.2) is 6.04 Å². The molecule has 0 fully saturated rings. The predicted octanol–water partition coefficient (Wildman–Crippen LogP) is -3.15. The van der Waals surface area contributed by atoms with Gasteiger partial charge in [-0.05, 0) is 19.4 Å². The largest absolute Gasteiger partial charge is 0.480 e.